The Bertz CT molecular complexity index is 163. The van der Waals surface area contributed by atoms with Crippen LogP contribution >= 0.6 is 34.8 Å². The largest absolute Gasteiger partial charge is 0.481 e. The molecule has 0 spiro atoms. The Morgan fingerprint density at radius 3 is 1.33 bits per heavy atom. The quantitative estimate of drug-likeness (QED) is 0.784. The van der Waals surface area contributed by atoms with Crippen LogP contribution < -0.4 is 0 Å². The third-order valence-corrected chi connectivity index (χ3v) is 0.696. The minimum Gasteiger partial charge on any atom is -0.481 e. The Labute approximate surface area is 106 Å². The van der Waals surface area contributed by atoms with Gasteiger partial charge in [-0.1, -0.05) is 48.7 Å². The normalized spacial score (nSPS) is 8.60. The third-order valence-electron chi connectivity index (χ3n) is 0.696. The van der Waals surface area contributed by atoms with E-state index in [0.717, 1.165) is 13.3 Å². The number of carbonyl (C=O) groups excluding carboxylic acids is 1. The standard InChI is InChI=1S/C6H12O.C2H4O2.CHCl3/c1-5(2)4-6(3)7;1-2(3)4;2-1(3)4/h5H,4H2,1-3H3;1H3,(H,3,4);1H. The Hall–Kier alpha value is 0.01000. The second-order valence-electron chi connectivity index (χ2n) is 3.07. The molecule has 0 atom stereocenters. The van der Waals surface area contributed by atoms with Gasteiger partial charge in [0.05, 0.1) is 0 Å². The van der Waals surface area contributed by atoms with Gasteiger partial charge in [-0.3, -0.25) is 4.79 Å². The van der Waals surface area contributed by atoms with E-state index < -0.39 is 10.3 Å². The lowest BCUT2D eigenvalue weighted by atomic mass is 10.1. The number of ketones is 1. The summed E-state index contributed by atoms with van der Waals surface area (Å²) in [6, 6.07) is 0. The van der Waals surface area contributed by atoms with Crippen molar-refractivity contribution in [3.8, 4) is 0 Å². The minimum atomic E-state index is -0.833. The van der Waals surface area contributed by atoms with Gasteiger partial charge < -0.3 is 9.90 Å². The maximum absolute atomic E-state index is 10.3. The molecule has 15 heavy (non-hydrogen) atoms. The van der Waals surface area contributed by atoms with E-state index in [1.807, 2.05) is 13.8 Å². The van der Waals surface area contributed by atoms with Crippen molar-refractivity contribution < 1.29 is 14.7 Å². The molecule has 0 aromatic rings. The molecule has 0 radical (unpaired) electrons. The second kappa shape index (κ2) is 14.0. The molecule has 0 aliphatic heterocycles. The van der Waals surface area contributed by atoms with Gasteiger partial charge in [-0.15, -0.1) is 0 Å². The van der Waals surface area contributed by atoms with Gasteiger partial charge in [0.1, 0.15) is 5.78 Å². The molecule has 6 heteroatoms. The molecule has 0 saturated heterocycles. The minimum absolute atomic E-state index is 0.287. The van der Waals surface area contributed by atoms with E-state index in [-0.39, 0.29) is 5.78 Å². The highest BCUT2D eigenvalue weighted by Crippen LogP contribution is 2.03. The van der Waals surface area contributed by atoms with Crippen LogP contribution in [0.4, 0.5) is 0 Å². The molecule has 0 aromatic carbocycles. The molecule has 0 rings (SSSR count). The zero-order valence-electron chi connectivity index (χ0n) is 9.26. The number of carboxylic acids is 1. The van der Waals surface area contributed by atoms with Gasteiger partial charge >= 0.3 is 0 Å². The van der Waals surface area contributed by atoms with E-state index in [2.05, 4.69) is 0 Å². The summed E-state index contributed by atoms with van der Waals surface area (Å²) in [4.78, 5) is 19.3. The lowest BCUT2D eigenvalue weighted by Crippen LogP contribution is -1.95. The van der Waals surface area contributed by atoms with E-state index in [1.165, 1.54) is 0 Å². The molecule has 0 saturated carbocycles. The summed E-state index contributed by atoms with van der Waals surface area (Å²) in [5, 5.41) is 7.42. The number of carbonyl (C=O) groups is 2. The van der Waals surface area contributed by atoms with Gasteiger partial charge in [0.15, 0.2) is 4.30 Å². The molecule has 0 aliphatic carbocycles. The van der Waals surface area contributed by atoms with Crippen LogP contribution in [0, 0.1) is 5.92 Å². The van der Waals surface area contributed by atoms with Crippen molar-refractivity contribution in [1.82, 2.24) is 0 Å². The highest BCUT2D eigenvalue weighted by atomic mass is 35.6. The predicted octanol–water partition coefficient (Wildman–Crippen LogP) is 3.70. The summed E-state index contributed by atoms with van der Waals surface area (Å²) < 4.78 is -0.750. The average molecular weight is 280 g/mol. The Morgan fingerprint density at radius 2 is 1.33 bits per heavy atom. The lowest BCUT2D eigenvalue weighted by Gasteiger charge is -1.95. The third kappa shape index (κ3) is 126. The van der Waals surface area contributed by atoms with Crippen molar-refractivity contribution in [3.63, 3.8) is 0 Å². The average Bonchev–Trinajstić information content (AvgIpc) is 1.78. The first-order chi connectivity index (χ1) is 6.59. The van der Waals surface area contributed by atoms with Crippen LogP contribution in [-0.4, -0.2) is 21.2 Å². The van der Waals surface area contributed by atoms with Crippen molar-refractivity contribution in [2.75, 3.05) is 0 Å². The molecule has 1 N–H and O–H groups in total. The van der Waals surface area contributed by atoms with Crippen LogP contribution in [0.5, 0.6) is 0 Å². The van der Waals surface area contributed by atoms with Crippen LogP contribution in [-0.2, 0) is 9.59 Å². The van der Waals surface area contributed by atoms with Crippen LogP contribution in [0.15, 0.2) is 0 Å². The highest BCUT2D eigenvalue weighted by Gasteiger charge is 1.95. The summed E-state index contributed by atoms with van der Waals surface area (Å²) in [5.74, 6) is -0.0208. The number of Topliss-reactive ketones (excluding diaryl/α,β-unsaturated/α-hetero) is 1. The predicted molar refractivity (Wildman–Crippen MR) is 64.8 cm³/mol. The molecular formula is C9H17Cl3O3. The molecule has 3 nitrogen and oxygen atoms in total. The summed E-state index contributed by atoms with van der Waals surface area (Å²) in [6.07, 6.45) is 0.722. The van der Waals surface area contributed by atoms with Crippen LogP contribution in [0.25, 0.3) is 0 Å². The van der Waals surface area contributed by atoms with Gasteiger partial charge in [0.25, 0.3) is 5.97 Å². The SMILES string of the molecule is CC(=O)CC(C)C.CC(=O)O.ClC(Cl)Cl. The van der Waals surface area contributed by atoms with Gasteiger partial charge in [0.2, 0.25) is 0 Å². The van der Waals surface area contributed by atoms with Crippen molar-refractivity contribution in [1.29, 1.82) is 0 Å². The molecule has 0 amide bonds. The number of aliphatic carboxylic acids is 1. The monoisotopic (exact) mass is 278 g/mol. The number of hydrogen-bond donors (Lipinski definition) is 1. The van der Waals surface area contributed by atoms with Gasteiger partial charge in [-0.25, -0.2) is 0 Å². The molecule has 0 heterocycles. The Balaban J connectivity index is -0.000000155. The van der Waals surface area contributed by atoms with E-state index in [1.54, 1.807) is 6.92 Å². The first-order valence-corrected chi connectivity index (χ1v) is 5.51. The van der Waals surface area contributed by atoms with Gasteiger partial charge in [-0.2, -0.15) is 0 Å². The zero-order valence-corrected chi connectivity index (χ0v) is 11.5. The van der Waals surface area contributed by atoms with Crippen molar-refractivity contribution in [2.45, 2.75) is 38.4 Å². The van der Waals surface area contributed by atoms with Crippen LogP contribution in [0.3, 0.4) is 0 Å². The number of hydrogen-bond acceptors (Lipinski definition) is 2. The zero-order chi connectivity index (χ0) is 13.0. The molecule has 0 aliphatic rings. The van der Waals surface area contributed by atoms with Crippen LogP contribution in [0.2, 0.25) is 0 Å². The summed E-state index contributed by atoms with van der Waals surface area (Å²) in [7, 11) is 0. The number of carboxylic acid groups (broad SMARTS) is 1. The van der Waals surface area contributed by atoms with E-state index in [0.29, 0.717) is 5.92 Å². The van der Waals surface area contributed by atoms with Crippen molar-refractivity contribution >= 4 is 46.6 Å². The Kier molecular flexibility index (Phi) is 19.1. The van der Waals surface area contributed by atoms with Crippen molar-refractivity contribution in [2.24, 2.45) is 5.92 Å². The summed E-state index contributed by atoms with van der Waals surface area (Å²) >= 11 is 14.4. The van der Waals surface area contributed by atoms with E-state index in [4.69, 9.17) is 44.7 Å². The van der Waals surface area contributed by atoms with E-state index >= 15 is 0 Å². The first-order valence-electron chi connectivity index (χ1n) is 4.20. The maximum Gasteiger partial charge on any atom is 0.300 e. The van der Waals surface area contributed by atoms with Gasteiger partial charge in [-0.05, 0) is 12.8 Å². The lowest BCUT2D eigenvalue weighted by molar-refractivity contribution is -0.134. The second-order valence-corrected chi connectivity index (χ2v) is 5.05. The molecule has 0 aromatic heterocycles. The molecule has 0 fully saturated rings. The Morgan fingerprint density at radius 1 is 1.13 bits per heavy atom. The highest BCUT2D eigenvalue weighted by molar-refractivity contribution is 6.63. The van der Waals surface area contributed by atoms with Crippen molar-refractivity contribution in [3.05, 3.63) is 0 Å². The topological polar surface area (TPSA) is 54.4 Å². The fourth-order valence-electron chi connectivity index (χ4n) is 0.575. The summed E-state index contributed by atoms with van der Waals surface area (Å²) in [5.41, 5.74) is 0. The number of rotatable bonds is 2. The fourth-order valence-corrected chi connectivity index (χ4v) is 0.575. The fraction of sp³-hybridized carbons (Fsp3) is 0.778. The maximum atomic E-state index is 10.3. The summed E-state index contributed by atoms with van der Waals surface area (Å²) in [6.45, 7) is 6.79. The smallest absolute Gasteiger partial charge is 0.300 e. The van der Waals surface area contributed by atoms with Crippen LogP contribution in [0.1, 0.15) is 34.1 Å². The molecule has 0 bridgehead atoms. The van der Waals surface area contributed by atoms with Gasteiger partial charge in [0, 0.05) is 13.3 Å². The first kappa shape index (κ1) is 20.4. The molecular weight excluding hydrogens is 262 g/mol. The molecule has 0 unspecified atom stereocenters. The van der Waals surface area contributed by atoms with E-state index in [9.17, 15) is 4.79 Å². The molecule has 92 valence electrons. The number of halogens is 3. The number of alkyl halides is 3.